The third-order valence-electron chi connectivity index (χ3n) is 3.06. The van der Waals surface area contributed by atoms with Gasteiger partial charge in [-0.05, 0) is 19.1 Å². The largest absolute Gasteiger partial charge is 0.545 e. The van der Waals surface area contributed by atoms with Gasteiger partial charge in [-0.3, -0.25) is 14.9 Å². The van der Waals surface area contributed by atoms with Crippen LogP contribution in [0.25, 0.3) is 0 Å². The summed E-state index contributed by atoms with van der Waals surface area (Å²) in [6, 6.07) is 9.79. The summed E-state index contributed by atoms with van der Waals surface area (Å²) in [5, 5.41) is 24.3. The van der Waals surface area contributed by atoms with Gasteiger partial charge in [0.1, 0.15) is 0 Å². The summed E-state index contributed by atoms with van der Waals surface area (Å²) in [6.07, 6.45) is 0. The number of para-hydroxylation sites is 1. The van der Waals surface area contributed by atoms with E-state index in [4.69, 9.17) is 0 Å². The number of rotatable bonds is 4. The number of carboxylic acid groups (broad SMARTS) is 1. The minimum absolute atomic E-state index is 0.0606. The summed E-state index contributed by atoms with van der Waals surface area (Å²) < 4.78 is 0. The molecule has 7 nitrogen and oxygen atoms in total. The molecule has 1 amide bonds. The molecule has 0 unspecified atom stereocenters. The number of carbonyl (C=O) groups excluding carboxylic acids is 2. The number of carbonyl (C=O) groups is 2. The topological polar surface area (TPSA) is 112 Å². The maximum absolute atomic E-state index is 12.1. The van der Waals surface area contributed by atoms with Crippen LogP contribution in [0.1, 0.15) is 26.3 Å². The van der Waals surface area contributed by atoms with Gasteiger partial charge < -0.3 is 15.2 Å². The van der Waals surface area contributed by atoms with Gasteiger partial charge in [-0.25, -0.2) is 0 Å². The zero-order valence-electron chi connectivity index (χ0n) is 11.5. The lowest BCUT2D eigenvalue weighted by molar-refractivity contribution is -0.385. The SMILES string of the molecule is Cc1ccc(C(=O)Nc2ccccc2C(=O)[O-])cc1[N+](=O)[O-]. The van der Waals surface area contributed by atoms with Crippen molar-refractivity contribution in [2.45, 2.75) is 6.92 Å². The van der Waals surface area contributed by atoms with E-state index in [9.17, 15) is 24.8 Å². The molecule has 112 valence electrons. The van der Waals surface area contributed by atoms with Gasteiger partial charge in [-0.1, -0.05) is 24.3 Å². The van der Waals surface area contributed by atoms with Gasteiger partial charge in [0, 0.05) is 22.8 Å². The Morgan fingerprint density at radius 2 is 1.82 bits per heavy atom. The molecule has 7 heteroatoms. The smallest absolute Gasteiger partial charge is 0.273 e. The van der Waals surface area contributed by atoms with E-state index in [2.05, 4.69) is 5.32 Å². The molecule has 2 aromatic carbocycles. The first-order valence-corrected chi connectivity index (χ1v) is 6.27. The Bertz CT molecular complexity index is 770. The number of nitro groups is 1. The standard InChI is InChI=1S/C15H12N2O5/c1-9-6-7-10(8-13(9)17(21)22)14(18)16-12-5-3-2-4-11(12)15(19)20/h2-8H,1H3,(H,16,18)(H,19,20)/p-1. The number of hydrogen-bond donors (Lipinski definition) is 1. The van der Waals surface area contributed by atoms with E-state index in [0.29, 0.717) is 5.56 Å². The number of aryl methyl sites for hydroxylation is 1. The summed E-state index contributed by atoms with van der Waals surface area (Å²) in [7, 11) is 0. The number of aromatic carboxylic acids is 1. The summed E-state index contributed by atoms with van der Waals surface area (Å²) in [5.41, 5.74) is 0.205. The highest BCUT2D eigenvalue weighted by Crippen LogP contribution is 2.21. The Kier molecular flexibility index (Phi) is 4.17. The maximum atomic E-state index is 12.1. The molecule has 0 aliphatic carbocycles. The van der Waals surface area contributed by atoms with Gasteiger partial charge in [0.2, 0.25) is 0 Å². The van der Waals surface area contributed by atoms with Crippen LogP contribution >= 0.6 is 0 Å². The van der Waals surface area contributed by atoms with Gasteiger partial charge in [0.15, 0.2) is 0 Å². The molecule has 0 atom stereocenters. The summed E-state index contributed by atoms with van der Waals surface area (Å²) in [5.74, 6) is -2.07. The number of carboxylic acids is 1. The van der Waals surface area contributed by atoms with Gasteiger partial charge >= 0.3 is 0 Å². The summed E-state index contributed by atoms with van der Waals surface area (Å²) in [4.78, 5) is 33.4. The maximum Gasteiger partial charge on any atom is 0.273 e. The predicted molar refractivity (Wildman–Crippen MR) is 76.6 cm³/mol. The lowest BCUT2D eigenvalue weighted by Crippen LogP contribution is -2.24. The number of nitrogens with one attached hydrogen (secondary N) is 1. The van der Waals surface area contributed by atoms with E-state index in [-0.39, 0.29) is 22.5 Å². The summed E-state index contributed by atoms with van der Waals surface area (Å²) in [6.45, 7) is 1.56. The molecule has 0 saturated heterocycles. The molecule has 22 heavy (non-hydrogen) atoms. The van der Waals surface area contributed by atoms with Gasteiger partial charge in [0.25, 0.3) is 11.6 Å². The quantitative estimate of drug-likeness (QED) is 0.679. The number of nitrogens with zero attached hydrogens (tertiary/aromatic N) is 1. The lowest BCUT2D eigenvalue weighted by atomic mass is 10.1. The minimum Gasteiger partial charge on any atom is -0.545 e. The second-order valence-corrected chi connectivity index (χ2v) is 4.55. The first kappa shape index (κ1) is 15.2. The van der Waals surface area contributed by atoms with Crippen LogP contribution < -0.4 is 10.4 Å². The van der Waals surface area contributed by atoms with Crippen molar-refractivity contribution < 1.29 is 19.6 Å². The predicted octanol–water partition coefficient (Wildman–Crippen LogP) is 1.52. The van der Waals surface area contributed by atoms with Crippen LogP contribution in [0.4, 0.5) is 11.4 Å². The molecular weight excluding hydrogens is 288 g/mol. The normalized spacial score (nSPS) is 10.0. The van der Waals surface area contributed by atoms with Gasteiger partial charge in [0.05, 0.1) is 16.6 Å². The summed E-state index contributed by atoms with van der Waals surface area (Å²) >= 11 is 0. The van der Waals surface area contributed by atoms with E-state index in [1.807, 2.05) is 0 Å². The molecular formula is C15H11N2O5-. The Labute approximate surface area is 125 Å². The second kappa shape index (κ2) is 6.04. The number of nitro benzene ring substituents is 1. The fraction of sp³-hybridized carbons (Fsp3) is 0.0667. The zero-order valence-corrected chi connectivity index (χ0v) is 11.5. The average Bonchev–Trinajstić information content (AvgIpc) is 2.47. The molecule has 0 fully saturated rings. The Hall–Kier alpha value is -3.22. The van der Waals surface area contributed by atoms with Crippen LogP contribution in [-0.4, -0.2) is 16.8 Å². The van der Waals surface area contributed by atoms with Crippen LogP contribution in [0.15, 0.2) is 42.5 Å². The molecule has 0 bridgehead atoms. The zero-order chi connectivity index (χ0) is 16.3. The lowest BCUT2D eigenvalue weighted by Gasteiger charge is -2.11. The van der Waals surface area contributed by atoms with Crippen molar-refractivity contribution in [1.29, 1.82) is 0 Å². The molecule has 1 N–H and O–H groups in total. The molecule has 2 rings (SSSR count). The third kappa shape index (κ3) is 3.09. The highest BCUT2D eigenvalue weighted by Gasteiger charge is 2.16. The van der Waals surface area contributed by atoms with E-state index in [1.54, 1.807) is 13.0 Å². The average molecular weight is 299 g/mol. The molecule has 0 aliphatic heterocycles. The molecule has 0 aliphatic rings. The molecule has 0 aromatic heterocycles. The molecule has 0 radical (unpaired) electrons. The van der Waals surface area contributed by atoms with Crippen LogP contribution in [0.2, 0.25) is 0 Å². The first-order chi connectivity index (χ1) is 10.4. The number of benzene rings is 2. The number of hydrogen-bond acceptors (Lipinski definition) is 5. The fourth-order valence-corrected chi connectivity index (χ4v) is 1.91. The van der Waals surface area contributed by atoms with E-state index in [1.165, 1.54) is 30.3 Å². The molecule has 2 aromatic rings. The van der Waals surface area contributed by atoms with Crippen molar-refractivity contribution in [3.05, 3.63) is 69.3 Å². The molecule has 0 saturated carbocycles. The molecule has 0 spiro atoms. The van der Waals surface area contributed by atoms with E-state index in [0.717, 1.165) is 6.07 Å². The van der Waals surface area contributed by atoms with Crippen LogP contribution in [0, 0.1) is 17.0 Å². The van der Waals surface area contributed by atoms with Gasteiger partial charge in [-0.2, -0.15) is 0 Å². The first-order valence-electron chi connectivity index (χ1n) is 6.27. The highest BCUT2D eigenvalue weighted by atomic mass is 16.6. The van der Waals surface area contributed by atoms with Crippen molar-refractivity contribution in [3.63, 3.8) is 0 Å². The van der Waals surface area contributed by atoms with Crippen LogP contribution in [0.5, 0.6) is 0 Å². The Morgan fingerprint density at radius 3 is 2.45 bits per heavy atom. The van der Waals surface area contributed by atoms with Crippen molar-refractivity contribution in [1.82, 2.24) is 0 Å². The molecule has 0 heterocycles. The van der Waals surface area contributed by atoms with E-state index < -0.39 is 16.8 Å². The van der Waals surface area contributed by atoms with Crippen LogP contribution in [0.3, 0.4) is 0 Å². The van der Waals surface area contributed by atoms with Crippen molar-refractivity contribution in [2.24, 2.45) is 0 Å². The van der Waals surface area contributed by atoms with Crippen molar-refractivity contribution in [2.75, 3.05) is 5.32 Å². The Morgan fingerprint density at radius 1 is 1.14 bits per heavy atom. The second-order valence-electron chi connectivity index (χ2n) is 4.55. The highest BCUT2D eigenvalue weighted by molar-refractivity contribution is 6.07. The van der Waals surface area contributed by atoms with Gasteiger partial charge in [-0.15, -0.1) is 0 Å². The fourth-order valence-electron chi connectivity index (χ4n) is 1.91. The number of anilines is 1. The van der Waals surface area contributed by atoms with Crippen LogP contribution in [-0.2, 0) is 0 Å². The number of amides is 1. The Balaban J connectivity index is 2.33. The monoisotopic (exact) mass is 299 g/mol. The third-order valence-corrected chi connectivity index (χ3v) is 3.06. The van der Waals surface area contributed by atoms with Crippen molar-refractivity contribution in [3.8, 4) is 0 Å². The minimum atomic E-state index is -1.43. The van der Waals surface area contributed by atoms with E-state index >= 15 is 0 Å². The van der Waals surface area contributed by atoms with Crippen molar-refractivity contribution >= 4 is 23.3 Å².